The van der Waals surface area contributed by atoms with Crippen LogP contribution in [0.2, 0.25) is 0 Å². The number of halogens is 1. The largest absolute Gasteiger partial charge is 0.485 e. The molecule has 0 saturated carbocycles. The average molecular weight is 333 g/mol. The quantitative estimate of drug-likeness (QED) is 0.825. The van der Waals surface area contributed by atoms with E-state index in [1.807, 2.05) is 18.2 Å². The number of aryl methyl sites for hydroxylation is 2. The number of aliphatic hydroxyl groups is 1. The first-order valence-corrected chi connectivity index (χ1v) is 7.55. The molecule has 0 aromatic heterocycles. The minimum atomic E-state index is -0.483. The molecule has 1 aliphatic rings. The number of rotatable bonds is 1. The lowest BCUT2D eigenvalue weighted by atomic mass is 9.93. The maximum Gasteiger partial charge on any atom is 0.127 e. The van der Waals surface area contributed by atoms with Gasteiger partial charge in [-0.2, -0.15) is 0 Å². The van der Waals surface area contributed by atoms with Crippen molar-refractivity contribution in [1.29, 1.82) is 0 Å². The Morgan fingerprint density at radius 2 is 1.90 bits per heavy atom. The van der Waals surface area contributed by atoms with Gasteiger partial charge in [0, 0.05) is 16.5 Å². The number of fused-ring (bicyclic) bond motifs is 1. The molecule has 0 aliphatic carbocycles. The van der Waals surface area contributed by atoms with E-state index in [-0.39, 0.29) is 6.10 Å². The second-order valence-electron chi connectivity index (χ2n) is 5.38. The third-order valence-electron chi connectivity index (χ3n) is 3.94. The van der Waals surface area contributed by atoms with E-state index in [1.165, 1.54) is 11.1 Å². The molecule has 3 rings (SSSR count). The monoisotopic (exact) mass is 332 g/mol. The topological polar surface area (TPSA) is 29.5 Å². The van der Waals surface area contributed by atoms with Crippen LogP contribution >= 0.6 is 15.9 Å². The molecular formula is C17H17BrO2. The van der Waals surface area contributed by atoms with Gasteiger partial charge in [-0.05, 0) is 48.7 Å². The zero-order chi connectivity index (χ0) is 14.3. The van der Waals surface area contributed by atoms with Gasteiger partial charge in [-0.25, -0.2) is 0 Å². The molecule has 1 aliphatic heterocycles. The van der Waals surface area contributed by atoms with Crippen molar-refractivity contribution in [2.45, 2.75) is 32.5 Å². The molecule has 1 heterocycles. The predicted molar refractivity (Wildman–Crippen MR) is 83.0 cm³/mol. The second-order valence-corrected chi connectivity index (χ2v) is 6.30. The van der Waals surface area contributed by atoms with Crippen LogP contribution in [-0.2, 0) is 0 Å². The van der Waals surface area contributed by atoms with Gasteiger partial charge >= 0.3 is 0 Å². The minimum Gasteiger partial charge on any atom is -0.485 e. The Kier molecular flexibility index (Phi) is 3.57. The zero-order valence-corrected chi connectivity index (χ0v) is 13.1. The van der Waals surface area contributed by atoms with Gasteiger partial charge in [-0.3, -0.25) is 0 Å². The van der Waals surface area contributed by atoms with E-state index in [1.54, 1.807) is 0 Å². The van der Waals surface area contributed by atoms with Crippen molar-refractivity contribution < 1.29 is 9.84 Å². The molecule has 2 nitrogen and oxygen atoms in total. The number of hydrogen-bond acceptors (Lipinski definition) is 2. The van der Waals surface area contributed by atoms with Crippen LogP contribution in [0.15, 0.2) is 40.9 Å². The standard InChI is InChI=1S/C17H17BrO2/c1-10-3-4-12(7-11(10)2)17-9-15(19)14-8-13(18)5-6-16(14)20-17/h3-8,15,17,19H,9H2,1-2H3. The smallest absolute Gasteiger partial charge is 0.127 e. The Hall–Kier alpha value is -1.32. The van der Waals surface area contributed by atoms with Crippen LogP contribution in [0.25, 0.3) is 0 Å². The van der Waals surface area contributed by atoms with E-state index >= 15 is 0 Å². The lowest BCUT2D eigenvalue weighted by molar-refractivity contribution is 0.0656. The fourth-order valence-corrected chi connectivity index (χ4v) is 2.97. The summed E-state index contributed by atoms with van der Waals surface area (Å²) in [5.74, 6) is 0.773. The lowest BCUT2D eigenvalue weighted by Crippen LogP contribution is -2.19. The van der Waals surface area contributed by atoms with E-state index in [0.29, 0.717) is 6.42 Å². The third-order valence-corrected chi connectivity index (χ3v) is 4.43. The fraction of sp³-hybridized carbons (Fsp3) is 0.294. The van der Waals surface area contributed by atoms with Crippen LogP contribution in [0, 0.1) is 13.8 Å². The Morgan fingerprint density at radius 3 is 2.65 bits per heavy atom. The second kappa shape index (κ2) is 5.23. The number of hydrogen-bond donors (Lipinski definition) is 1. The van der Waals surface area contributed by atoms with Gasteiger partial charge in [-0.15, -0.1) is 0 Å². The summed E-state index contributed by atoms with van der Waals surface area (Å²) in [6, 6.07) is 12.1. The van der Waals surface area contributed by atoms with Crippen LogP contribution in [-0.4, -0.2) is 5.11 Å². The molecule has 2 unspecified atom stereocenters. The van der Waals surface area contributed by atoms with Gasteiger partial charge in [-0.1, -0.05) is 34.1 Å². The van der Waals surface area contributed by atoms with Crippen LogP contribution in [0.3, 0.4) is 0 Å². The molecule has 0 saturated heterocycles. The van der Waals surface area contributed by atoms with Crippen LogP contribution in [0.1, 0.15) is 40.9 Å². The number of ether oxygens (including phenoxy) is 1. The van der Waals surface area contributed by atoms with Gasteiger partial charge < -0.3 is 9.84 Å². The summed E-state index contributed by atoms with van der Waals surface area (Å²) in [5.41, 5.74) is 4.51. The normalized spacial score (nSPS) is 21.2. The molecule has 0 fully saturated rings. The summed E-state index contributed by atoms with van der Waals surface area (Å²) in [6.45, 7) is 4.20. The first kappa shape index (κ1) is 13.7. The number of benzene rings is 2. The zero-order valence-electron chi connectivity index (χ0n) is 11.6. The average Bonchev–Trinajstić information content (AvgIpc) is 2.42. The summed E-state index contributed by atoms with van der Waals surface area (Å²) in [5, 5.41) is 10.3. The van der Waals surface area contributed by atoms with E-state index < -0.39 is 6.10 Å². The van der Waals surface area contributed by atoms with E-state index in [0.717, 1.165) is 21.3 Å². The lowest BCUT2D eigenvalue weighted by Gasteiger charge is -2.30. The fourth-order valence-electron chi connectivity index (χ4n) is 2.59. The Labute approximate surface area is 127 Å². The summed E-state index contributed by atoms with van der Waals surface area (Å²) < 4.78 is 7.02. The molecule has 0 bridgehead atoms. The van der Waals surface area contributed by atoms with Crippen LogP contribution < -0.4 is 4.74 Å². The highest BCUT2D eigenvalue weighted by Gasteiger charge is 2.28. The van der Waals surface area contributed by atoms with Gasteiger partial charge in [0.2, 0.25) is 0 Å². The molecule has 1 N–H and O–H groups in total. The summed E-state index contributed by atoms with van der Waals surface area (Å²) in [4.78, 5) is 0. The van der Waals surface area contributed by atoms with Gasteiger partial charge in [0.15, 0.2) is 0 Å². The maximum atomic E-state index is 10.3. The molecule has 0 spiro atoms. The summed E-state index contributed by atoms with van der Waals surface area (Å²) >= 11 is 3.43. The van der Waals surface area contributed by atoms with Crippen LogP contribution in [0.4, 0.5) is 0 Å². The van der Waals surface area contributed by atoms with Crippen molar-refractivity contribution in [3.05, 3.63) is 63.1 Å². The van der Waals surface area contributed by atoms with Gasteiger partial charge in [0.1, 0.15) is 11.9 Å². The van der Waals surface area contributed by atoms with Crippen molar-refractivity contribution in [2.24, 2.45) is 0 Å². The molecule has 104 valence electrons. The molecule has 2 atom stereocenters. The molecule has 3 heteroatoms. The first-order valence-electron chi connectivity index (χ1n) is 6.76. The Morgan fingerprint density at radius 1 is 1.10 bits per heavy atom. The highest BCUT2D eigenvalue weighted by Crippen LogP contribution is 2.41. The van der Waals surface area contributed by atoms with E-state index in [9.17, 15) is 5.11 Å². The molecule has 2 aromatic carbocycles. The van der Waals surface area contributed by atoms with Crippen LogP contribution in [0.5, 0.6) is 5.75 Å². The highest BCUT2D eigenvalue weighted by molar-refractivity contribution is 9.10. The van der Waals surface area contributed by atoms with Crippen molar-refractivity contribution in [2.75, 3.05) is 0 Å². The molecule has 0 radical (unpaired) electrons. The Bertz CT molecular complexity index is 651. The molecule has 0 amide bonds. The first-order chi connectivity index (χ1) is 9.54. The minimum absolute atomic E-state index is 0.0852. The third kappa shape index (κ3) is 2.48. The molecule has 20 heavy (non-hydrogen) atoms. The SMILES string of the molecule is Cc1ccc(C2CC(O)c3cc(Br)ccc3O2)cc1C. The van der Waals surface area contributed by atoms with Crippen molar-refractivity contribution in [3.8, 4) is 5.75 Å². The van der Waals surface area contributed by atoms with E-state index in [2.05, 4.69) is 48.0 Å². The Balaban J connectivity index is 1.94. The highest BCUT2D eigenvalue weighted by atomic mass is 79.9. The summed E-state index contributed by atoms with van der Waals surface area (Å²) in [7, 11) is 0. The molecular weight excluding hydrogens is 316 g/mol. The van der Waals surface area contributed by atoms with Crippen molar-refractivity contribution in [3.63, 3.8) is 0 Å². The summed E-state index contributed by atoms with van der Waals surface area (Å²) in [6.07, 6.45) is 0.0206. The van der Waals surface area contributed by atoms with Gasteiger partial charge in [0.25, 0.3) is 0 Å². The number of aliphatic hydroxyl groups excluding tert-OH is 1. The molecule has 2 aromatic rings. The maximum absolute atomic E-state index is 10.3. The predicted octanol–water partition coefficient (Wildman–Crippen LogP) is 4.62. The van der Waals surface area contributed by atoms with Crippen molar-refractivity contribution >= 4 is 15.9 Å². The van der Waals surface area contributed by atoms with Gasteiger partial charge in [0.05, 0.1) is 6.10 Å². The van der Waals surface area contributed by atoms with Crippen molar-refractivity contribution in [1.82, 2.24) is 0 Å². The van der Waals surface area contributed by atoms with E-state index in [4.69, 9.17) is 4.74 Å².